The van der Waals surface area contributed by atoms with Gasteiger partial charge in [-0.05, 0) is 36.8 Å². The number of carbonyl (C=O) groups is 1. The minimum atomic E-state index is -0.808. The van der Waals surface area contributed by atoms with Crippen molar-refractivity contribution in [1.82, 2.24) is 4.98 Å². The van der Waals surface area contributed by atoms with Crippen molar-refractivity contribution >= 4 is 44.2 Å². The maximum Gasteiger partial charge on any atom is 0.267 e. The number of nitrogens with one attached hydrogen (secondary N) is 1. The second-order valence-corrected chi connectivity index (χ2v) is 6.53. The third-order valence-corrected chi connectivity index (χ3v) is 4.52. The first-order valence-corrected chi connectivity index (χ1v) is 8.54. The molecule has 24 heavy (non-hydrogen) atoms. The first-order valence-electron chi connectivity index (χ1n) is 7.35. The Hall–Kier alpha value is -2.18. The number of anilines is 1. The maximum absolute atomic E-state index is 13.7. The van der Waals surface area contributed by atoms with E-state index in [4.69, 9.17) is 16.3 Å². The summed E-state index contributed by atoms with van der Waals surface area (Å²) < 4.78 is 20.0. The zero-order valence-corrected chi connectivity index (χ0v) is 14.3. The van der Waals surface area contributed by atoms with Crippen LogP contribution < -0.4 is 10.1 Å². The van der Waals surface area contributed by atoms with Gasteiger partial charge in [0, 0.05) is 5.02 Å². The van der Waals surface area contributed by atoms with Crippen LogP contribution in [-0.4, -0.2) is 17.0 Å². The van der Waals surface area contributed by atoms with Crippen LogP contribution in [-0.2, 0) is 4.79 Å². The molecule has 3 rings (SSSR count). The van der Waals surface area contributed by atoms with Gasteiger partial charge in [0.2, 0.25) is 0 Å². The molecule has 1 aromatic heterocycles. The summed E-state index contributed by atoms with van der Waals surface area (Å²) in [7, 11) is 0. The molecule has 1 atom stereocenters. The number of benzene rings is 2. The highest BCUT2D eigenvalue weighted by atomic mass is 35.5. The predicted molar refractivity (Wildman–Crippen MR) is 94.4 cm³/mol. The van der Waals surface area contributed by atoms with E-state index in [0.29, 0.717) is 16.6 Å². The molecule has 0 saturated carbocycles. The molecule has 1 unspecified atom stereocenters. The van der Waals surface area contributed by atoms with Crippen molar-refractivity contribution in [1.29, 1.82) is 0 Å². The lowest BCUT2D eigenvalue weighted by molar-refractivity contribution is -0.122. The van der Waals surface area contributed by atoms with Gasteiger partial charge in [0.15, 0.2) is 22.8 Å². The van der Waals surface area contributed by atoms with Gasteiger partial charge in [-0.25, -0.2) is 9.37 Å². The number of thiazole rings is 1. The fourth-order valence-electron chi connectivity index (χ4n) is 2.15. The lowest BCUT2D eigenvalue weighted by atomic mass is 10.2. The molecule has 0 bridgehead atoms. The number of ether oxygens (including phenoxy) is 1. The van der Waals surface area contributed by atoms with Crippen LogP contribution >= 0.6 is 22.9 Å². The fraction of sp³-hybridized carbons (Fsp3) is 0.176. The molecule has 2 aromatic carbocycles. The minimum absolute atomic E-state index is 0.0515. The number of halogens is 2. The third kappa shape index (κ3) is 3.66. The summed E-state index contributed by atoms with van der Waals surface area (Å²) in [6.45, 7) is 1.79. The average Bonchev–Trinajstić information content (AvgIpc) is 2.95. The van der Waals surface area contributed by atoms with E-state index in [-0.39, 0.29) is 11.7 Å². The summed E-state index contributed by atoms with van der Waals surface area (Å²) in [5.74, 6) is -0.820. The van der Waals surface area contributed by atoms with Crippen molar-refractivity contribution in [3.05, 3.63) is 53.3 Å². The van der Waals surface area contributed by atoms with Gasteiger partial charge < -0.3 is 4.74 Å². The molecule has 0 radical (unpaired) electrons. The number of nitrogens with zero attached hydrogens (tertiary/aromatic N) is 1. The van der Waals surface area contributed by atoms with Gasteiger partial charge >= 0.3 is 0 Å². The molecular weight excluding hydrogens is 351 g/mol. The van der Waals surface area contributed by atoms with Crippen molar-refractivity contribution in [2.45, 2.75) is 19.4 Å². The number of carbonyl (C=O) groups excluding carboxylic acids is 1. The van der Waals surface area contributed by atoms with Gasteiger partial charge in [-0.15, -0.1) is 0 Å². The Kier molecular flexibility index (Phi) is 4.97. The average molecular weight is 365 g/mol. The number of hydrogen-bond donors (Lipinski definition) is 1. The quantitative estimate of drug-likeness (QED) is 0.701. The number of rotatable bonds is 5. The summed E-state index contributed by atoms with van der Waals surface area (Å²) >= 11 is 7.27. The van der Waals surface area contributed by atoms with Gasteiger partial charge in [-0.2, -0.15) is 0 Å². The Morgan fingerprint density at radius 3 is 2.92 bits per heavy atom. The van der Waals surface area contributed by atoms with E-state index in [0.717, 1.165) is 10.2 Å². The van der Waals surface area contributed by atoms with E-state index in [1.54, 1.807) is 37.3 Å². The monoisotopic (exact) mass is 364 g/mol. The van der Waals surface area contributed by atoms with Gasteiger partial charge in [-0.3, -0.25) is 10.1 Å². The summed E-state index contributed by atoms with van der Waals surface area (Å²) in [5.41, 5.74) is 0.753. The van der Waals surface area contributed by atoms with Crippen LogP contribution in [0.2, 0.25) is 5.02 Å². The van der Waals surface area contributed by atoms with Crippen molar-refractivity contribution in [3.8, 4) is 5.75 Å². The Balaban J connectivity index is 1.75. The summed E-state index contributed by atoms with van der Waals surface area (Å²) in [5, 5.41) is 3.78. The van der Waals surface area contributed by atoms with Crippen molar-refractivity contribution in [2.24, 2.45) is 0 Å². The first kappa shape index (κ1) is 16.7. The Labute approximate surface area is 147 Å². The van der Waals surface area contributed by atoms with Crippen molar-refractivity contribution in [2.75, 3.05) is 5.32 Å². The molecule has 0 aliphatic rings. The predicted octanol–water partition coefficient (Wildman–Crippen LogP) is 4.88. The van der Waals surface area contributed by atoms with E-state index in [9.17, 15) is 9.18 Å². The minimum Gasteiger partial charge on any atom is -0.478 e. The SMILES string of the molecule is CCC(Oc1ccccc1F)C(=O)Nc1nc2ccc(Cl)cc2s1. The van der Waals surface area contributed by atoms with Gasteiger partial charge in [0.25, 0.3) is 5.91 Å². The summed E-state index contributed by atoms with van der Waals surface area (Å²) in [6.07, 6.45) is -0.408. The molecule has 0 fully saturated rings. The zero-order valence-electron chi connectivity index (χ0n) is 12.8. The van der Waals surface area contributed by atoms with Crippen LogP contribution in [0.4, 0.5) is 9.52 Å². The molecule has 4 nitrogen and oxygen atoms in total. The molecule has 1 heterocycles. The molecule has 7 heteroatoms. The highest BCUT2D eigenvalue weighted by molar-refractivity contribution is 7.22. The molecule has 1 N–H and O–H groups in total. The van der Waals surface area contributed by atoms with Crippen LogP contribution in [0.1, 0.15) is 13.3 Å². The smallest absolute Gasteiger partial charge is 0.267 e. The highest BCUT2D eigenvalue weighted by Gasteiger charge is 2.21. The van der Waals surface area contributed by atoms with Crippen LogP contribution in [0.15, 0.2) is 42.5 Å². The van der Waals surface area contributed by atoms with E-state index in [1.165, 1.54) is 23.5 Å². The largest absolute Gasteiger partial charge is 0.478 e. The molecule has 0 saturated heterocycles. The molecule has 0 spiro atoms. The maximum atomic E-state index is 13.7. The molecule has 0 aliphatic carbocycles. The van der Waals surface area contributed by atoms with Crippen LogP contribution in [0.3, 0.4) is 0 Å². The number of hydrogen-bond acceptors (Lipinski definition) is 4. The van der Waals surface area contributed by atoms with E-state index in [2.05, 4.69) is 10.3 Å². The van der Waals surface area contributed by atoms with Crippen molar-refractivity contribution in [3.63, 3.8) is 0 Å². The number of amides is 1. The van der Waals surface area contributed by atoms with Crippen molar-refractivity contribution < 1.29 is 13.9 Å². The van der Waals surface area contributed by atoms with Crippen LogP contribution in [0.5, 0.6) is 5.75 Å². The third-order valence-electron chi connectivity index (χ3n) is 3.35. The van der Waals surface area contributed by atoms with Gasteiger partial charge in [0.1, 0.15) is 0 Å². The molecule has 0 aliphatic heterocycles. The Morgan fingerprint density at radius 1 is 1.38 bits per heavy atom. The topological polar surface area (TPSA) is 51.2 Å². The highest BCUT2D eigenvalue weighted by Crippen LogP contribution is 2.28. The lowest BCUT2D eigenvalue weighted by Crippen LogP contribution is -2.32. The Bertz CT molecular complexity index is 884. The molecule has 1 amide bonds. The first-order chi connectivity index (χ1) is 11.6. The summed E-state index contributed by atoms with van der Waals surface area (Å²) in [6, 6.07) is 11.3. The second kappa shape index (κ2) is 7.15. The Morgan fingerprint density at radius 2 is 2.17 bits per heavy atom. The lowest BCUT2D eigenvalue weighted by Gasteiger charge is -2.16. The molecule has 124 valence electrons. The fourth-order valence-corrected chi connectivity index (χ4v) is 3.30. The van der Waals surface area contributed by atoms with E-state index >= 15 is 0 Å². The molecular formula is C17H14ClFN2O2S. The van der Waals surface area contributed by atoms with Crippen LogP contribution in [0.25, 0.3) is 10.2 Å². The van der Waals surface area contributed by atoms with Crippen LogP contribution in [0, 0.1) is 5.82 Å². The zero-order chi connectivity index (χ0) is 17.1. The summed E-state index contributed by atoms with van der Waals surface area (Å²) in [4.78, 5) is 16.7. The second-order valence-electron chi connectivity index (χ2n) is 5.07. The van der Waals surface area contributed by atoms with Gasteiger partial charge in [-0.1, -0.05) is 42.0 Å². The van der Waals surface area contributed by atoms with Gasteiger partial charge in [0.05, 0.1) is 10.2 Å². The van der Waals surface area contributed by atoms with E-state index < -0.39 is 11.9 Å². The standard InChI is InChI=1S/C17H14ClFN2O2S/c1-2-13(23-14-6-4-3-5-11(14)19)16(22)21-17-20-12-8-7-10(18)9-15(12)24-17/h3-9,13H,2H2,1H3,(H,20,21,22). The number of para-hydroxylation sites is 1. The number of fused-ring (bicyclic) bond motifs is 1. The molecule has 3 aromatic rings. The normalized spacial score (nSPS) is 12.1. The number of aromatic nitrogens is 1. The van der Waals surface area contributed by atoms with E-state index in [1.807, 2.05) is 0 Å².